The molecule has 0 amide bonds. The molecule has 0 aromatic carbocycles. The van der Waals surface area contributed by atoms with Crippen LogP contribution in [0.15, 0.2) is 30.1 Å². The number of allylic oxidation sites excluding steroid dienone is 1. The quantitative estimate of drug-likeness (QED) is 0.787. The van der Waals surface area contributed by atoms with E-state index < -0.39 is 0 Å². The summed E-state index contributed by atoms with van der Waals surface area (Å²) in [6.07, 6.45) is 6.87. The van der Waals surface area contributed by atoms with Gasteiger partial charge in [0.2, 0.25) is 0 Å². The third kappa shape index (κ3) is 2.05. The zero-order chi connectivity index (χ0) is 10.7. The molecule has 0 radical (unpaired) electrons. The number of alkyl halides is 1. The number of nitrogens with zero attached hydrogens (tertiary/aromatic N) is 1. The molecule has 0 saturated carbocycles. The number of rotatable bonds is 3. The molecule has 2 nitrogen and oxygen atoms in total. The van der Waals surface area contributed by atoms with Crippen LogP contribution in [-0.2, 0) is 0 Å². The summed E-state index contributed by atoms with van der Waals surface area (Å²) in [7, 11) is 0. The van der Waals surface area contributed by atoms with Gasteiger partial charge in [-0.15, -0.1) is 11.6 Å². The first kappa shape index (κ1) is 10.2. The Hall–Kier alpha value is -1.28. The van der Waals surface area contributed by atoms with Crippen LogP contribution in [0.5, 0.6) is 0 Å². The molecule has 0 aliphatic carbocycles. The number of pyridine rings is 1. The monoisotopic (exact) mass is 220 g/mol. The second-order valence-corrected chi connectivity index (χ2v) is 3.70. The Morgan fingerprint density at radius 2 is 2.47 bits per heavy atom. The summed E-state index contributed by atoms with van der Waals surface area (Å²) in [6.45, 7) is 2.11. The lowest BCUT2D eigenvalue weighted by molar-refractivity contribution is 1.12. The molecule has 0 fully saturated rings. The van der Waals surface area contributed by atoms with Crippen molar-refractivity contribution in [1.29, 1.82) is 0 Å². The average Bonchev–Trinajstić information content (AvgIpc) is 2.69. The molecule has 2 heterocycles. The number of nitrogens with one attached hydrogen (secondary N) is 1. The van der Waals surface area contributed by atoms with Crippen LogP contribution < -0.4 is 0 Å². The maximum absolute atomic E-state index is 5.84. The third-order valence-electron chi connectivity index (χ3n) is 2.47. The Labute approximate surface area is 94.0 Å². The van der Waals surface area contributed by atoms with Gasteiger partial charge in [-0.25, -0.2) is 4.98 Å². The molecule has 0 atom stereocenters. The van der Waals surface area contributed by atoms with Crippen molar-refractivity contribution in [2.45, 2.75) is 13.3 Å². The predicted molar refractivity (Wildman–Crippen MR) is 65.1 cm³/mol. The van der Waals surface area contributed by atoms with E-state index in [4.69, 9.17) is 11.6 Å². The summed E-state index contributed by atoms with van der Waals surface area (Å²) in [5.41, 5.74) is 3.32. The molecule has 3 heteroatoms. The van der Waals surface area contributed by atoms with Crippen molar-refractivity contribution >= 4 is 28.7 Å². The highest BCUT2D eigenvalue weighted by Crippen LogP contribution is 2.19. The minimum atomic E-state index is 0.587. The van der Waals surface area contributed by atoms with Crippen LogP contribution in [0.1, 0.15) is 18.9 Å². The Morgan fingerprint density at radius 1 is 1.60 bits per heavy atom. The smallest absolute Gasteiger partial charge is 0.137 e. The first-order valence-electron chi connectivity index (χ1n) is 5.02. The van der Waals surface area contributed by atoms with Crippen molar-refractivity contribution in [3.05, 3.63) is 35.7 Å². The van der Waals surface area contributed by atoms with E-state index in [9.17, 15) is 0 Å². The molecule has 0 bridgehead atoms. The molecule has 0 aliphatic rings. The number of hydrogen-bond acceptors (Lipinski definition) is 1. The van der Waals surface area contributed by atoms with Gasteiger partial charge in [0.15, 0.2) is 0 Å². The largest absolute Gasteiger partial charge is 0.346 e. The van der Waals surface area contributed by atoms with Crippen LogP contribution in [0, 0.1) is 0 Å². The lowest BCUT2D eigenvalue weighted by Crippen LogP contribution is -1.81. The van der Waals surface area contributed by atoms with Crippen LogP contribution in [0.2, 0.25) is 0 Å². The fraction of sp³-hybridized carbons (Fsp3) is 0.250. The summed E-state index contributed by atoms with van der Waals surface area (Å²) in [4.78, 5) is 7.39. The zero-order valence-electron chi connectivity index (χ0n) is 8.63. The van der Waals surface area contributed by atoms with Gasteiger partial charge in [0.1, 0.15) is 5.65 Å². The predicted octanol–water partition coefficient (Wildman–Crippen LogP) is 3.60. The zero-order valence-corrected chi connectivity index (χ0v) is 9.38. The fourth-order valence-corrected chi connectivity index (χ4v) is 1.82. The topological polar surface area (TPSA) is 28.7 Å². The highest BCUT2D eigenvalue weighted by Gasteiger charge is 2.01. The molecule has 78 valence electrons. The van der Waals surface area contributed by atoms with Gasteiger partial charge in [0.05, 0.1) is 0 Å². The van der Waals surface area contributed by atoms with Crippen molar-refractivity contribution < 1.29 is 0 Å². The molecule has 0 aliphatic heterocycles. The van der Waals surface area contributed by atoms with E-state index in [0.717, 1.165) is 23.0 Å². The molecule has 2 aromatic heterocycles. The fourth-order valence-electron chi connectivity index (χ4n) is 1.55. The van der Waals surface area contributed by atoms with Crippen LogP contribution in [0.4, 0.5) is 0 Å². The molecule has 15 heavy (non-hydrogen) atoms. The van der Waals surface area contributed by atoms with Gasteiger partial charge < -0.3 is 4.98 Å². The first-order valence-corrected chi connectivity index (χ1v) is 5.56. The van der Waals surface area contributed by atoms with Crippen LogP contribution in [-0.4, -0.2) is 15.8 Å². The summed E-state index contributed by atoms with van der Waals surface area (Å²) in [6, 6.07) is 4.01. The Kier molecular flexibility index (Phi) is 3.07. The van der Waals surface area contributed by atoms with Gasteiger partial charge in [-0.2, -0.15) is 0 Å². The van der Waals surface area contributed by atoms with E-state index in [1.54, 1.807) is 6.20 Å². The van der Waals surface area contributed by atoms with Gasteiger partial charge in [-0.3, -0.25) is 0 Å². The lowest BCUT2D eigenvalue weighted by atomic mass is 10.1. The van der Waals surface area contributed by atoms with Gasteiger partial charge in [0.25, 0.3) is 0 Å². The van der Waals surface area contributed by atoms with E-state index in [-0.39, 0.29) is 0 Å². The molecule has 1 N–H and O–H groups in total. The van der Waals surface area contributed by atoms with E-state index >= 15 is 0 Å². The normalized spacial score (nSPS) is 12.3. The van der Waals surface area contributed by atoms with Crippen molar-refractivity contribution in [3.8, 4) is 0 Å². The number of aromatic nitrogens is 2. The number of hydrogen-bond donors (Lipinski definition) is 1. The van der Waals surface area contributed by atoms with E-state index in [1.807, 2.05) is 12.3 Å². The van der Waals surface area contributed by atoms with E-state index in [2.05, 4.69) is 29.0 Å². The van der Waals surface area contributed by atoms with E-state index in [1.165, 1.54) is 5.57 Å². The van der Waals surface area contributed by atoms with E-state index in [0.29, 0.717) is 5.88 Å². The molecule has 0 spiro atoms. The Bertz CT molecular complexity index is 479. The van der Waals surface area contributed by atoms with Crippen molar-refractivity contribution in [3.63, 3.8) is 0 Å². The molecule has 2 aromatic rings. The lowest BCUT2D eigenvalue weighted by Gasteiger charge is -1.97. The first-order chi connectivity index (χ1) is 7.35. The Balaban J connectivity index is 2.48. The van der Waals surface area contributed by atoms with Gasteiger partial charge >= 0.3 is 0 Å². The molecular weight excluding hydrogens is 208 g/mol. The van der Waals surface area contributed by atoms with Crippen LogP contribution >= 0.6 is 11.6 Å². The minimum Gasteiger partial charge on any atom is -0.346 e. The minimum absolute atomic E-state index is 0.587. The standard InChI is InChI=1S/C12H13ClN2/c1-2-9(7-13)6-10-8-15-12-11(10)4-3-5-14-12/h3-6,8H,2,7H2,1H3,(H,14,15). The van der Waals surface area contributed by atoms with Crippen molar-refractivity contribution in [1.82, 2.24) is 9.97 Å². The van der Waals surface area contributed by atoms with Gasteiger partial charge in [0, 0.05) is 29.2 Å². The van der Waals surface area contributed by atoms with Gasteiger partial charge in [-0.1, -0.05) is 18.6 Å². The summed E-state index contributed by atoms with van der Waals surface area (Å²) >= 11 is 5.84. The second kappa shape index (κ2) is 4.49. The summed E-state index contributed by atoms with van der Waals surface area (Å²) < 4.78 is 0. The van der Waals surface area contributed by atoms with Crippen molar-refractivity contribution in [2.24, 2.45) is 0 Å². The van der Waals surface area contributed by atoms with Gasteiger partial charge in [-0.05, 0) is 18.6 Å². The molecule has 2 rings (SSSR count). The number of fused-ring (bicyclic) bond motifs is 1. The molecule has 0 saturated heterocycles. The average molecular weight is 221 g/mol. The highest BCUT2D eigenvalue weighted by atomic mass is 35.5. The molecule has 0 unspecified atom stereocenters. The number of halogens is 1. The Morgan fingerprint density at radius 3 is 3.20 bits per heavy atom. The third-order valence-corrected chi connectivity index (χ3v) is 2.81. The second-order valence-electron chi connectivity index (χ2n) is 3.43. The SMILES string of the molecule is CCC(=Cc1c[nH]c2ncccc12)CCl. The number of aromatic amines is 1. The number of H-pyrrole nitrogens is 1. The summed E-state index contributed by atoms with van der Waals surface area (Å²) in [5, 5.41) is 1.15. The highest BCUT2D eigenvalue weighted by molar-refractivity contribution is 6.19. The maximum atomic E-state index is 5.84. The summed E-state index contributed by atoms with van der Waals surface area (Å²) in [5.74, 6) is 0.587. The molecular formula is C12H13ClN2. The van der Waals surface area contributed by atoms with Crippen molar-refractivity contribution in [2.75, 3.05) is 5.88 Å². The maximum Gasteiger partial charge on any atom is 0.137 e. The van der Waals surface area contributed by atoms with Crippen LogP contribution in [0.3, 0.4) is 0 Å². The van der Waals surface area contributed by atoms with Crippen LogP contribution in [0.25, 0.3) is 17.1 Å².